The highest BCUT2D eigenvalue weighted by atomic mass is 16.6. The van der Waals surface area contributed by atoms with Crippen LogP contribution in [-0.2, 0) is 28.6 Å². The quantitative estimate of drug-likeness (QED) is 0.0261. The second kappa shape index (κ2) is 64.6. The molecule has 0 radical (unpaired) electrons. The van der Waals surface area contributed by atoms with Gasteiger partial charge in [-0.15, -0.1) is 0 Å². The van der Waals surface area contributed by atoms with E-state index in [0.717, 1.165) is 173 Å². The molecule has 0 heterocycles. The zero-order valence-electron chi connectivity index (χ0n) is 50.1. The number of allylic oxidation sites excluding steroid dienone is 26. The molecule has 0 bridgehead atoms. The maximum atomic E-state index is 12.9. The van der Waals surface area contributed by atoms with Gasteiger partial charge >= 0.3 is 17.9 Å². The topological polar surface area (TPSA) is 78.9 Å². The van der Waals surface area contributed by atoms with E-state index in [1.54, 1.807) is 0 Å². The fourth-order valence-corrected chi connectivity index (χ4v) is 8.01. The van der Waals surface area contributed by atoms with Crippen LogP contribution in [0.3, 0.4) is 0 Å². The van der Waals surface area contributed by atoms with Crippen LogP contribution < -0.4 is 0 Å². The molecule has 0 aliphatic rings. The third kappa shape index (κ3) is 61.9. The first kappa shape index (κ1) is 73.0. The lowest BCUT2D eigenvalue weighted by molar-refractivity contribution is -0.167. The smallest absolute Gasteiger partial charge is 0.306 e. The van der Waals surface area contributed by atoms with Crippen molar-refractivity contribution in [2.24, 2.45) is 0 Å². The molecule has 6 heteroatoms. The fourth-order valence-electron chi connectivity index (χ4n) is 8.01. The largest absolute Gasteiger partial charge is 0.462 e. The number of hydrogen-bond donors (Lipinski definition) is 0. The summed E-state index contributed by atoms with van der Waals surface area (Å²) in [5, 5.41) is 0. The van der Waals surface area contributed by atoms with Crippen molar-refractivity contribution in [2.75, 3.05) is 13.2 Å². The van der Waals surface area contributed by atoms with Crippen LogP contribution in [0, 0.1) is 0 Å². The molecule has 0 aromatic carbocycles. The number of unbranched alkanes of at least 4 members (excludes halogenated alkanes) is 18. The van der Waals surface area contributed by atoms with Gasteiger partial charge in [0.1, 0.15) is 13.2 Å². The highest BCUT2D eigenvalue weighted by Gasteiger charge is 2.19. The Bertz CT molecular complexity index is 1760. The molecule has 6 nitrogen and oxygen atoms in total. The normalized spacial score (nSPS) is 13.2. The molecule has 0 saturated carbocycles. The van der Waals surface area contributed by atoms with Crippen LogP contribution in [0.5, 0.6) is 0 Å². The lowest BCUT2D eigenvalue weighted by Crippen LogP contribution is -2.30. The molecular weight excluding hydrogens is 961 g/mol. The third-order valence-electron chi connectivity index (χ3n) is 12.7. The Labute approximate surface area is 480 Å². The first-order valence-corrected chi connectivity index (χ1v) is 31.5. The van der Waals surface area contributed by atoms with Crippen molar-refractivity contribution in [1.29, 1.82) is 0 Å². The Morgan fingerprint density at radius 3 is 0.833 bits per heavy atom. The summed E-state index contributed by atoms with van der Waals surface area (Å²) in [5.41, 5.74) is 0. The summed E-state index contributed by atoms with van der Waals surface area (Å²) >= 11 is 0. The Kier molecular flexibility index (Phi) is 60.4. The highest BCUT2D eigenvalue weighted by Crippen LogP contribution is 2.13. The average molecular weight is 1080 g/mol. The minimum atomic E-state index is -0.813. The van der Waals surface area contributed by atoms with Gasteiger partial charge in [0.25, 0.3) is 0 Å². The minimum Gasteiger partial charge on any atom is -0.462 e. The van der Waals surface area contributed by atoms with Crippen LogP contribution in [0.2, 0.25) is 0 Å². The van der Waals surface area contributed by atoms with Gasteiger partial charge in [0, 0.05) is 19.3 Å². The van der Waals surface area contributed by atoms with Crippen LogP contribution in [-0.4, -0.2) is 37.2 Å². The lowest BCUT2D eigenvalue weighted by atomic mass is 10.1. The molecule has 0 amide bonds. The third-order valence-corrected chi connectivity index (χ3v) is 12.7. The van der Waals surface area contributed by atoms with Crippen molar-refractivity contribution < 1.29 is 28.6 Å². The molecule has 0 aromatic heterocycles. The first-order chi connectivity index (χ1) is 38.5. The van der Waals surface area contributed by atoms with Crippen molar-refractivity contribution in [3.05, 3.63) is 158 Å². The summed E-state index contributed by atoms with van der Waals surface area (Å²) in [5.74, 6) is -0.973. The van der Waals surface area contributed by atoms with E-state index in [4.69, 9.17) is 14.2 Å². The Morgan fingerprint density at radius 1 is 0.269 bits per heavy atom. The van der Waals surface area contributed by atoms with Gasteiger partial charge in [0.2, 0.25) is 0 Å². The molecule has 0 aliphatic heterocycles. The second-order valence-corrected chi connectivity index (χ2v) is 20.2. The van der Waals surface area contributed by atoms with Crippen molar-refractivity contribution in [3.8, 4) is 0 Å². The Balaban J connectivity index is 4.42. The molecule has 1 atom stereocenters. The van der Waals surface area contributed by atoms with Gasteiger partial charge in [0.15, 0.2) is 6.10 Å². The summed E-state index contributed by atoms with van der Waals surface area (Å²) in [7, 11) is 0. The van der Waals surface area contributed by atoms with E-state index in [1.807, 2.05) is 0 Å². The van der Waals surface area contributed by atoms with Gasteiger partial charge in [-0.2, -0.15) is 0 Å². The summed E-state index contributed by atoms with van der Waals surface area (Å²) in [6.45, 7) is 6.40. The Hall–Kier alpha value is -4.97. The predicted octanol–water partition coefficient (Wildman–Crippen LogP) is 21.7. The number of carbonyl (C=O) groups excluding carboxylic acids is 3. The molecule has 0 aromatic rings. The van der Waals surface area contributed by atoms with Crippen LogP contribution in [0.25, 0.3) is 0 Å². The molecule has 0 spiro atoms. The fraction of sp³-hybridized carbons (Fsp3) is 0.597. The highest BCUT2D eigenvalue weighted by molar-refractivity contribution is 5.71. The van der Waals surface area contributed by atoms with Gasteiger partial charge in [-0.1, -0.05) is 249 Å². The molecule has 0 rings (SSSR count). The first-order valence-electron chi connectivity index (χ1n) is 31.5. The van der Waals surface area contributed by atoms with Crippen LogP contribution in [0.1, 0.15) is 258 Å². The van der Waals surface area contributed by atoms with E-state index in [-0.39, 0.29) is 31.1 Å². The van der Waals surface area contributed by atoms with Crippen molar-refractivity contribution >= 4 is 17.9 Å². The maximum absolute atomic E-state index is 12.9. The van der Waals surface area contributed by atoms with Crippen LogP contribution in [0.15, 0.2) is 158 Å². The summed E-state index contributed by atoms with van der Waals surface area (Å²) < 4.78 is 16.8. The number of carbonyl (C=O) groups is 3. The number of rotatable bonds is 55. The molecule has 438 valence electrons. The van der Waals surface area contributed by atoms with Gasteiger partial charge < -0.3 is 14.2 Å². The molecule has 78 heavy (non-hydrogen) atoms. The zero-order chi connectivity index (χ0) is 56.4. The summed E-state index contributed by atoms with van der Waals surface area (Å²) in [6.07, 6.45) is 93.8. The van der Waals surface area contributed by atoms with Gasteiger partial charge in [-0.05, 0) is 148 Å². The molecule has 0 fully saturated rings. The summed E-state index contributed by atoms with van der Waals surface area (Å²) in [4.78, 5) is 38.2. The molecule has 0 aliphatic carbocycles. The van der Waals surface area contributed by atoms with Gasteiger partial charge in [0.05, 0.1) is 0 Å². The van der Waals surface area contributed by atoms with Gasteiger partial charge in [-0.25, -0.2) is 0 Å². The predicted molar refractivity (Wildman–Crippen MR) is 338 cm³/mol. The molecule has 1 unspecified atom stereocenters. The zero-order valence-corrected chi connectivity index (χ0v) is 50.1. The average Bonchev–Trinajstić information content (AvgIpc) is 3.44. The molecule has 0 saturated heterocycles. The minimum absolute atomic E-state index is 0.108. The van der Waals surface area contributed by atoms with E-state index in [9.17, 15) is 14.4 Å². The van der Waals surface area contributed by atoms with E-state index in [2.05, 4.69) is 179 Å². The number of hydrogen-bond acceptors (Lipinski definition) is 6. The standard InChI is InChI=1S/C72H114O6/c1-4-7-10-13-16-19-22-25-28-29-30-31-32-33-34-35-36-37-38-39-40-41-42-43-45-47-50-53-56-59-62-65-71(74)77-68-69(67-76-70(73)64-61-58-55-52-49-46-27-24-21-18-15-12-9-6-3)78-72(75)66-63-60-57-54-51-48-44-26-23-20-17-14-11-8-5-2/h7,10,15-20,24-28,30-31,33-34,36-37,39-40,42-44,47,50,69H,4-6,8-9,11-14,21-23,29,32,35,38,41,45-46,48-49,51-68H2,1-3H3/b10-7-,18-15-,19-16-,20-17-,27-24-,28-25-,31-30-,34-33-,37-36-,40-39-,43-42-,44-26-,50-47-. The molecular formula is C72H114O6. The van der Waals surface area contributed by atoms with Gasteiger partial charge in [-0.3, -0.25) is 14.4 Å². The number of ether oxygens (including phenoxy) is 3. The van der Waals surface area contributed by atoms with Crippen molar-refractivity contribution in [2.45, 2.75) is 264 Å². The van der Waals surface area contributed by atoms with E-state index in [1.165, 1.54) is 44.9 Å². The number of esters is 3. The maximum Gasteiger partial charge on any atom is 0.306 e. The van der Waals surface area contributed by atoms with Crippen molar-refractivity contribution in [1.82, 2.24) is 0 Å². The van der Waals surface area contributed by atoms with Crippen LogP contribution >= 0.6 is 0 Å². The second-order valence-electron chi connectivity index (χ2n) is 20.2. The lowest BCUT2D eigenvalue weighted by Gasteiger charge is -2.18. The molecule has 0 N–H and O–H groups in total. The Morgan fingerprint density at radius 2 is 0.513 bits per heavy atom. The monoisotopic (exact) mass is 1070 g/mol. The van der Waals surface area contributed by atoms with E-state index >= 15 is 0 Å². The summed E-state index contributed by atoms with van der Waals surface area (Å²) in [6, 6.07) is 0. The SMILES string of the molecule is CC/C=C\C/C=C\C/C=C\C/C=C\C/C=C\C/C=C\C/C=C\C/C=C\C/C=C\CCCCCC(=O)OCC(COC(=O)CCCCCCC/C=C\C/C=C\CCCC)OC(=O)CCCCCCC/C=C\C/C=C\CCCCC. The van der Waals surface area contributed by atoms with Crippen LogP contribution in [0.4, 0.5) is 0 Å². The van der Waals surface area contributed by atoms with E-state index < -0.39 is 6.10 Å². The van der Waals surface area contributed by atoms with Crippen molar-refractivity contribution in [3.63, 3.8) is 0 Å². The van der Waals surface area contributed by atoms with E-state index in [0.29, 0.717) is 19.3 Å².